The lowest BCUT2D eigenvalue weighted by atomic mass is 10.1. The van der Waals surface area contributed by atoms with E-state index >= 15 is 0 Å². The molecule has 3 rings (SSSR count). The second-order valence-corrected chi connectivity index (χ2v) is 7.39. The lowest BCUT2D eigenvalue weighted by Crippen LogP contribution is -1.96. The molecule has 1 aliphatic heterocycles. The summed E-state index contributed by atoms with van der Waals surface area (Å²) in [5, 5.41) is 2.30. The van der Waals surface area contributed by atoms with Crippen molar-refractivity contribution in [3.05, 3.63) is 36.4 Å². The summed E-state index contributed by atoms with van der Waals surface area (Å²) in [6.07, 6.45) is 4.11. The first-order valence-corrected chi connectivity index (χ1v) is 9.02. The Bertz CT molecular complexity index is 661. The highest BCUT2D eigenvalue weighted by Crippen LogP contribution is 2.43. The van der Waals surface area contributed by atoms with Gasteiger partial charge in [0, 0.05) is 1.37 Å². The van der Waals surface area contributed by atoms with Gasteiger partial charge in [-0.25, -0.2) is 10.8 Å². The number of unbranched alkanes of at least 4 members (excludes halogenated alkanes) is 1. The molecule has 2 atom stereocenters. The Morgan fingerprint density at radius 2 is 2.05 bits per heavy atom. The number of hydrogen-bond donors (Lipinski definition) is 1. The fourth-order valence-electron chi connectivity index (χ4n) is 2.55. The number of hydrogen-bond acceptors (Lipinski definition) is 1. The van der Waals surface area contributed by atoms with Crippen LogP contribution in [0.3, 0.4) is 0 Å². The molecule has 0 aliphatic carbocycles. The van der Waals surface area contributed by atoms with Crippen LogP contribution in [0.5, 0.6) is 5.75 Å². The monoisotopic (exact) mass is 290 g/mol. The highest BCUT2D eigenvalue weighted by molar-refractivity contribution is 8.17. The van der Waals surface area contributed by atoms with Crippen LogP contribution >= 0.6 is 10.8 Å². The number of rotatable bonds is 5. The van der Waals surface area contributed by atoms with Gasteiger partial charge in [-0.15, -0.1) is 0 Å². The maximum atomic E-state index is 8.73. The van der Waals surface area contributed by atoms with Crippen LogP contribution in [0.1, 0.15) is 34.0 Å². The number of fused-ring (bicyclic) bond motifs is 1. The maximum Gasteiger partial charge on any atom is 0.119 e. The fourth-order valence-corrected chi connectivity index (χ4v) is 4.60. The zero-order chi connectivity index (χ0) is 15.6. The molecule has 2 aromatic rings. The minimum Gasteiger partial charge on any atom is -0.494 e. The van der Waals surface area contributed by atoms with E-state index in [1.165, 1.54) is 0 Å². The Balaban J connectivity index is 1.86. The summed E-state index contributed by atoms with van der Waals surface area (Å²) >= 11 is 0. The van der Waals surface area contributed by atoms with E-state index < -0.39 is 10.8 Å². The van der Waals surface area contributed by atoms with Crippen LogP contribution in [0.25, 0.3) is 10.8 Å². The molecule has 2 heteroatoms. The highest BCUT2D eigenvalue weighted by atomic mass is 32.2. The molecule has 1 saturated heterocycles. The lowest BCUT2D eigenvalue weighted by Gasteiger charge is -2.15. The van der Waals surface area contributed by atoms with Crippen molar-refractivity contribution in [2.75, 3.05) is 18.1 Å². The molecule has 1 fully saturated rings. The second kappa shape index (κ2) is 6.53. The molecule has 0 spiro atoms. The van der Waals surface area contributed by atoms with Crippen LogP contribution in [0.4, 0.5) is 0 Å². The Kier molecular flexibility index (Phi) is 3.76. The topological polar surface area (TPSA) is 9.23 Å². The van der Waals surface area contributed by atoms with Gasteiger partial charge < -0.3 is 4.74 Å². The van der Waals surface area contributed by atoms with Gasteiger partial charge in [0.25, 0.3) is 0 Å². The molecule has 0 saturated carbocycles. The van der Waals surface area contributed by atoms with Gasteiger partial charge in [-0.2, -0.15) is 0 Å². The smallest absolute Gasteiger partial charge is 0.119 e. The predicted octanol–water partition coefficient (Wildman–Crippen LogP) is 5.17. The quantitative estimate of drug-likeness (QED) is 0.590. The molecule has 0 radical (unpaired) electrons. The Labute approximate surface area is 127 Å². The highest BCUT2D eigenvalue weighted by Gasteiger charge is 2.13. The minimum atomic E-state index is -1.69. The van der Waals surface area contributed by atoms with Crippen molar-refractivity contribution in [3.8, 4) is 5.75 Å². The molecule has 0 aromatic heterocycles. The SMILES string of the molecule is [2H]C1CCCS1([2H])c1ccc2cc(OCCCC)ccc2c1. The average Bonchev–Trinajstić information content (AvgIpc) is 2.87. The molecular weight excluding hydrogens is 264 g/mol. The first kappa shape index (κ1) is 11.5. The summed E-state index contributed by atoms with van der Waals surface area (Å²) < 4.78 is 22.7. The van der Waals surface area contributed by atoms with Gasteiger partial charge in [-0.3, -0.25) is 0 Å². The summed E-state index contributed by atoms with van der Waals surface area (Å²) in [7, 11) is -1.69. The van der Waals surface area contributed by atoms with E-state index in [9.17, 15) is 0 Å². The Morgan fingerprint density at radius 3 is 2.85 bits per heavy atom. The van der Waals surface area contributed by atoms with E-state index in [0.717, 1.165) is 59.5 Å². The van der Waals surface area contributed by atoms with Crippen molar-refractivity contribution < 1.29 is 6.11 Å². The van der Waals surface area contributed by atoms with Crippen LogP contribution in [0, 0.1) is 0 Å². The minimum absolute atomic E-state index is 0.221. The van der Waals surface area contributed by atoms with E-state index in [2.05, 4.69) is 37.3 Å². The van der Waals surface area contributed by atoms with Crippen LogP contribution in [0.2, 0.25) is 0 Å². The zero-order valence-corrected chi connectivity index (χ0v) is 12.9. The van der Waals surface area contributed by atoms with E-state index in [0.29, 0.717) is 0 Å². The molecule has 2 unspecified atom stereocenters. The Morgan fingerprint density at radius 1 is 1.20 bits per heavy atom. The average molecular weight is 290 g/mol. The number of ether oxygens (including phenoxy) is 1. The largest absolute Gasteiger partial charge is 0.494 e. The molecule has 0 amide bonds. The van der Waals surface area contributed by atoms with Gasteiger partial charge >= 0.3 is 0 Å². The summed E-state index contributed by atoms with van der Waals surface area (Å²) in [6.45, 7) is 2.92. The van der Waals surface area contributed by atoms with Crippen molar-refractivity contribution in [2.24, 2.45) is 0 Å². The molecule has 2 aromatic carbocycles. The first-order valence-electron chi connectivity index (χ1n) is 8.55. The van der Waals surface area contributed by atoms with Crippen molar-refractivity contribution in [3.63, 3.8) is 0 Å². The van der Waals surface area contributed by atoms with Crippen LogP contribution in [-0.4, -0.2) is 19.2 Å². The number of thiol groups is 1. The van der Waals surface area contributed by atoms with E-state index in [1.54, 1.807) is 0 Å². The Hall–Kier alpha value is -1.15. The molecule has 0 N–H and O–H groups in total. The van der Waals surface area contributed by atoms with Gasteiger partial charge in [-0.05, 0) is 70.7 Å². The van der Waals surface area contributed by atoms with Crippen molar-refractivity contribution in [1.82, 2.24) is 0 Å². The molecular formula is C18H24OS. The molecule has 1 heterocycles. The lowest BCUT2D eigenvalue weighted by molar-refractivity contribution is 0.310. The van der Waals surface area contributed by atoms with Gasteiger partial charge in [-0.1, -0.05) is 25.5 Å². The third kappa shape index (κ3) is 3.12. The summed E-state index contributed by atoms with van der Waals surface area (Å²) in [6, 6.07) is 12.4. The van der Waals surface area contributed by atoms with Gasteiger partial charge in [0.1, 0.15) is 5.75 Å². The zero-order valence-electron chi connectivity index (χ0n) is 14.1. The summed E-state index contributed by atoms with van der Waals surface area (Å²) in [5.41, 5.74) is -0.221. The maximum absolute atomic E-state index is 8.73. The molecule has 0 bridgehead atoms. The molecule has 1 nitrogen and oxygen atoms in total. The third-order valence-electron chi connectivity index (χ3n) is 3.74. The molecule has 20 heavy (non-hydrogen) atoms. The predicted molar refractivity (Wildman–Crippen MR) is 90.6 cm³/mol. The van der Waals surface area contributed by atoms with Gasteiger partial charge in [0.05, 0.1) is 7.73 Å². The first-order chi connectivity index (χ1) is 10.6. The van der Waals surface area contributed by atoms with E-state index in [1.807, 2.05) is 6.07 Å². The third-order valence-corrected chi connectivity index (χ3v) is 5.97. The summed E-state index contributed by atoms with van der Waals surface area (Å²) in [4.78, 5) is 1.07. The fraction of sp³-hybridized carbons (Fsp3) is 0.444. The molecule has 108 valence electrons. The normalized spacial score (nSPS) is 30.6. The van der Waals surface area contributed by atoms with Gasteiger partial charge in [0.15, 0.2) is 0 Å². The summed E-state index contributed by atoms with van der Waals surface area (Å²) in [5.74, 6) is 1.80. The van der Waals surface area contributed by atoms with Gasteiger partial charge in [0.2, 0.25) is 0 Å². The van der Waals surface area contributed by atoms with E-state index in [-0.39, 0.29) is 5.73 Å². The second-order valence-electron chi connectivity index (χ2n) is 5.31. The van der Waals surface area contributed by atoms with Crippen LogP contribution in [-0.2, 0) is 0 Å². The van der Waals surface area contributed by atoms with Crippen LogP contribution in [0.15, 0.2) is 41.3 Å². The van der Waals surface area contributed by atoms with Crippen molar-refractivity contribution >= 4 is 21.6 Å². The van der Waals surface area contributed by atoms with E-state index in [4.69, 9.17) is 7.23 Å². The molecule has 1 aliphatic rings. The van der Waals surface area contributed by atoms with Crippen LogP contribution < -0.4 is 4.74 Å². The van der Waals surface area contributed by atoms with Crippen molar-refractivity contribution in [1.29, 1.82) is 1.12 Å². The standard InChI is InChI=1S/C18H24OS/c1-2-3-10-19-17-8-6-16-14-18(9-7-15(16)13-17)20-11-4-5-12-20/h6-9,13-14,20H,2-5,10-12H2,1H3/i11D,20D. The number of benzene rings is 2. The van der Waals surface area contributed by atoms with Crippen molar-refractivity contribution in [2.45, 2.75) is 37.5 Å².